The predicted molar refractivity (Wildman–Crippen MR) is 76.0 cm³/mol. The van der Waals surface area contributed by atoms with Gasteiger partial charge in [-0.25, -0.2) is 0 Å². The Balaban J connectivity index is 4.60. The number of rotatable bonds is 10. The zero-order chi connectivity index (χ0) is 14.2. The highest BCUT2D eigenvalue weighted by atomic mass is 16.4. The van der Waals surface area contributed by atoms with Gasteiger partial charge >= 0.3 is 5.97 Å². The Hall–Kier alpha value is -0.610. The highest BCUT2D eigenvalue weighted by Crippen LogP contribution is 2.17. The Morgan fingerprint density at radius 2 is 1.94 bits per heavy atom. The maximum absolute atomic E-state index is 11.5. The summed E-state index contributed by atoms with van der Waals surface area (Å²) in [6, 6.07) is 0.278. The average molecular weight is 258 g/mol. The van der Waals surface area contributed by atoms with Crippen LogP contribution in [0.5, 0.6) is 0 Å². The van der Waals surface area contributed by atoms with E-state index in [2.05, 4.69) is 31.0 Å². The Bertz CT molecular complexity index is 246. The molecule has 18 heavy (non-hydrogen) atoms. The van der Waals surface area contributed by atoms with E-state index in [1.54, 1.807) is 6.92 Å². The summed E-state index contributed by atoms with van der Waals surface area (Å²) in [7, 11) is 0. The SMILES string of the molecule is CCCNC(C)(CC(C)N(CC)CCC)C(=O)O. The van der Waals surface area contributed by atoms with Crippen molar-refractivity contribution in [3.8, 4) is 0 Å². The van der Waals surface area contributed by atoms with E-state index in [0.29, 0.717) is 6.42 Å². The van der Waals surface area contributed by atoms with Crippen LogP contribution in [-0.2, 0) is 4.79 Å². The number of nitrogens with one attached hydrogen (secondary N) is 1. The zero-order valence-electron chi connectivity index (χ0n) is 12.6. The molecule has 0 aromatic rings. The van der Waals surface area contributed by atoms with Crippen molar-refractivity contribution < 1.29 is 9.90 Å². The second-order valence-electron chi connectivity index (χ2n) is 5.25. The first-order valence-electron chi connectivity index (χ1n) is 7.13. The minimum atomic E-state index is -0.823. The fourth-order valence-corrected chi connectivity index (χ4v) is 2.33. The number of hydrogen-bond acceptors (Lipinski definition) is 3. The van der Waals surface area contributed by atoms with Crippen LogP contribution in [0.4, 0.5) is 0 Å². The Morgan fingerprint density at radius 1 is 1.33 bits per heavy atom. The molecule has 0 rings (SSSR count). The van der Waals surface area contributed by atoms with Crippen LogP contribution >= 0.6 is 0 Å². The van der Waals surface area contributed by atoms with E-state index in [1.807, 2.05) is 6.92 Å². The van der Waals surface area contributed by atoms with Crippen molar-refractivity contribution in [3.05, 3.63) is 0 Å². The summed E-state index contributed by atoms with van der Waals surface area (Å²) in [5.41, 5.74) is -0.823. The van der Waals surface area contributed by atoms with Crippen molar-refractivity contribution in [3.63, 3.8) is 0 Å². The molecule has 0 aromatic heterocycles. The molecule has 0 spiro atoms. The van der Waals surface area contributed by atoms with Gasteiger partial charge in [-0.2, -0.15) is 0 Å². The third-order valence-corrected chi connectivity index (χ3v) is 3.48. The first-order valence-corrected chi connectivity index (χ1v) is 7.13. The van der Waals surface area contributed by atoms with Crippen molar-refractivity contribution in [2.24, 2.45) is 0 Å². The highest BCUT2D eigenvalue weighted by molar-refractivity contribution is 5.78. The van der Waals surface area contributed by atoms with E-state index < -0.39 is 11.5 Å². The lowest BCUT2D eigenvalue weighted by atomic mass is 9.92. The second kappa shape index (κ2) is 8.48. The Kier molecular flexibility index (Phi) is 8.20. The maximum atomic E-state index is 11.5. The van der Waals surface area contributed by atoms with Crippen LogP contribution < -0.4 is 5.32 Å². The summed E-state index contributed by atoms with van der Waals surface area (Å²) in [4.78, 5) is 13.8. The van der Waals surface area contributed by atoms with Gasteiger partial charge in [0.2, 0.25) is 0 Å². The molecule has 0 aromatic carbocycles. The van der Waals surface area contributed by atoms with Gasteiger partial charge in [0.1, 0.15) is 5.54 Å². The van der Waals surface area contributed by atoms with Crippen LogP contribution in [0.3, 0.4) is 0 Å². The van der Waals surface area contributed by atoms with Crippen molar-refractivity contribution in [1.29, 1.82) is 0 Å². The quantitative estimate of drug-likeness (QED) is 0.631. The molecule has 0 bridgehead atoms. The lowest BCUT2D eigenvalue weighted by Gasteiger charge is -2.34. The van der Waals surface area contributed by atoms with Crippen LogP contribution in [0.25, 0.3) is 0 Å². The lowest BCUT2D eigenvalue weighted by Crippen LogP contribution is -2.53. The van der Waals surface area contributed by atoms with E-state index in [1.165, 1.54) is 0 Å². The van der Waals surface area contributed by atoms with Crippen molar-refractivity contribution in [2.75, 3.05) is 19.6 Å². The molecule has 0 radical (unpaired) electrons. The first kappa shape index (κ1) is 17.4. The normalized spacial score (nSPS) is 16.6. The average Bonchev–Trinajstić information content (AvgIpc) is 2.32. The molecule has 2 unspecified atom stereocenters. The first-order chi connectivity index (χ1) is 8.41. The molecular formula is C14H30N2O2. The molecule has 0 aliphatic rings. The third-order valence-electron chi connectivity index (χ3n) is 3.48. The number of aliphatic carboxylic acids is 1. The van der Waals surface area contributed by atoms with Crippen LogP contribution in [0.1, 0.15) is 53.9 Å². The maximum Gasteiger partial charge on any atom is 0.323 e. The van der Waals surface area contributed by atoms with E-state index in [-0.39, 0.29) is 6.04 Å². The van der Waals surface area contributed by atoms with Gasteiger partial charge in [0, 0.05) is 6.04 Å². The number of hydrogen-bond donors (Lipinski definition) is 2. The smallest absolute Gasteiger partial charge is 0.323 e. The molecule has 4 nitrogen and oxygen atoms in total. The van der Waals surface area contributed by atoms with E-state index >= 15 is 0 Å². The molecule has 108 valence electrons. The Labute approximate surface area is 112 Å². The molecule has 0 amide bonds. The molecule has 0 fully saturated rings. The van der Waals surface area contributed by atoms with Crippen molar-refractivity contribution in [2.45, 2.75) is 65.5 Å². The summed E-state index contributed by atoms with van der Waals surface area (Å²) in [6.45, 7) is 13.0. The third kappa shape index (κ3) is 5.36. The van der Waals surface area contributed by atoms with E-state index in [0.717, 1.165) is 32.5 Å². The highest BCUT2D eigenvalue weighted by Gasteiger charge is 2.35. The van der Waals surface area contributed by atoms with E-state index in [9.17, 15) is 9.90 Å². The van der Waals surface area contributed by atoms with Gasteiger partial charge in [0.15, 0.2) is 0 Å². The van der Waals surface area contributed by atoms with Gasteiger partial charge in [0.05, 0.1) is 0 Å². The number of nitrogens with zero attached hydrogens (tertiary/aromatic N) is 1. The minimum absolute atomic E-state index is 0.278. The summed E-state index contributed by atoms with van der Waals surface area (Å²) in [5, 5.41) is 12.6. The van der Waals surface area contributed by atoms with Crippen molar-refractivity contribution in [1.82, 2.24) is 10.2 Å². The van der Waals surface area contributed by atoms with Crippen LogP contribution in [0, 0.1) is 0 Å². The standard InChI is InChI=1S/C14H30N2O2/c1-6-9-15-14(5,13(17)18)11-12(4)16(8-3)10-7-2/h12,15H,6-11H2,1-5H3,(H,17,18). The lowest BCUT2D eigenvalue weighted by molar-refractivity contribution is -0.145. The summed E-state index contributed by atoms with van der Waals surface area (Å²) < 4.78 is 0. The van der Waals surface area contributed by atoms with Crippen LogP contribution in [-0.4, -0.2) is 47.2 Å². The van der Waals surface area contributed by atoms with Gasteiger partial charge < -0.3 is 15.3 Å². The molecule has 0 aliphatic heterocycles. The molecule has 0 saturated carbocycles. The zero-order valence-corrected chi connectivity index (χ0v) is 12.6. The molecule has 0 saturated heterocycles. The number of carbonyl (C=O) groups is 1. The molecule has 0 heterocycles. The van der Waals surface area contributed by atoms with Crippen LogP contribution in [0.2, 0.25) is 0 Å². The summed E-state index contributed by atoms with van der Waals surface area (Å²) in [6.07, 6.45) is 2.68. The van der Waals surface area contributed by atoms with Crippen LogP contribution in [0.15, 0.2) is 0 Å². The summed E-state index contributed by atoms with van der Waals surface area (Å²) in [5.74, 6) is -0.754. The topological polar surface area (TPSA) is 52.6 Å². The van der Waals surface area contributed by atoms with Gasteiger partial charge in [-0.15, -0.1) is 0 Å². The number of carboxylic acids is 1. The predicted octanol–water partition coefficient (Wildman–Crippen LogP) is 2.34. The monoisotopic (exact) mass is 258 g/mol. The second-order valence-corrected chi connectivity index (χ2v) is 5.25. The molecule has 2 N–H and O–H groups in total. The molecule has 4 heteroatoms. The molecule has 2 atom stereocenters. The molecular weight excluding hydrogens is 228 g/mol. The fraction of sp³-hybridized carbons (Fsp3) is 0.929. The van der Waals surface area contributed by atoms with E-state index in [4.69, 9.17) is 0 Å². The van der Waals surface area contributed by atoms with Gasteiger partial charge in [-0.05, 0) is 52.7 Å². The minimum Gasteiger partial charge on any atom is -0.480 e. The largest absolute Gasteiger partial charge is 0.480 e. The fourth-order valence-electron chi connectivity index (χ4n) is 2.33. The summed E-state index contributed by atoms with van der Waals surface area (Å²) >= 11 is 0. The van der Waals surface area contributed by atoms with Crippen molar-refractivity contribution >= 4 is 5.97 Å². The molecule has 0 aliphatic carbocycles. The Morgan fingerprint density at radius 3 is 2.33 bits per heavy atom. The van der Waals surface area contributed by atoms with Gasteiger partial charge in [-0.1, -0.05) is 20.8 Å². The van der Waals surface area contributed by atoms with Gasteiger partial charge in [0.25, 0.3) is 0 Å². The number of carboxylic acid groups (broad SMARTS) is 1. The van der Waals surface area contributed by atoms with Gasteiger partial charge in [-0.3, -0.25) is 4.79 Å².